The Labute approximate surface area is 220 Å². The van der Waals surface area contributed by atoms with Gasteiger partial charge < -0.3 is 19.5 Å². The van der Waals surface area contributed by atoms with Gasteiger partial charge in [0.1, 0.15) is 6.61 Å². The highest BCUT2D eigenvalue weighted by Crippen LogP contribution is 2.46. The molecule has 4 aliphatic rings. The Bertz CT molecular complexity index is 972. The summed E-state index contributed by atoms with van der Waals surface area (Å²) >= 11 is 0. The van der Waals surface area contributed by atoms with E-state index in [1.165, 1.54) is 52.1 Å². The van der Waals surface area contributed by atoms with Crippen molar-refractivity contribution in [3.8, 4) is 0 Å². The zero-order valence-corrected chi connectivity index (χ0v) is 22.2. The van der Waals surface area contributed by atoms with E-state index in [2.05, 4.69) is 11.4 Å². The Morgan fingerprint density at radius 1 is 1.03 bits per heavy atom. The monoisotopic (exact) mass is 510 g/mol. The van der Waals surface area contributed by atoms with Gasteiger partial charge in [0, 0.05) is 12.5 Å². The maximum absolute atomic E-state index is 12.8. The zero-order valence-electron chi connectivity index (χ0n) is 22.2. The standard InChI is InChI=1S/C30H42N2O5/c1-35-27(33)18-22-13-6-5-12-21(22)17-23-25-14-15-26(37-25)28(23)30-32-24(19-36-30)29(34)31-16-8-7-11-20-9-3-2-4-10-20/h5-6,12-13,20,23-26,28H,2-4,7-11,14-19H2,1H3,(H,31,34)/t23-,24?,25-,26+,28-/m0/s1. The van der Waals surface area contributed by atoms with Gasteiger partial charge in [-0.2, -0.15) is 0 Å². The lowest BCUT2D eigenvalue weighted by atomic mass is 9.75. The predicted octanol–water partition coefficient (Wildman–Crippen LogP) is 4.40. The van der Waals surface area contributed by atoms with Crippen molar-refractivity contribution in [3.63, 3.8) is 0 Å². The first-order chi connectivity index (χ1) is 18.1. The summed E-state index contributed by atoms with van der Waals surface area (Å²) in [5, 5.41) is 3.09. The van der Waals surface area contributed by atoms with Crippen molar-refractivity contribution in [2.75, 3.05) is 20.3 Å². The van der Waals surface area contributed by atoms with Gasteiger partial charge in [0.15, 0.2) is 11.9 Å². The van der Waals surface area contributed by atoms with Gasteiger partial charge in [-0.05, 0) is 42.7 Å². The molecule has 1 aromatic rings. The molecule has 5 rings (SSSR count). The van der Waals surface area contributed by atoms with Crippen molar-refractivity contribution in [3.05, 3.63) is 35.4 Å². The maximum atomic E-state index is 12.8. The van der Waals surface area contributed by atoms with E-state index in [9.17, 15) is 9.59 Å². The average Bonchev–Trinajstić information content (AvgIpc) is 3.67. The highest BCUT2D eigenvalue weighted by atomic mass is 16.5. The minimum Gasteiger partial charge on any atom is -0.478 e. The molecule has 202 valence electrons. The summed E-state index contributed by atoms with van der Waals surface area (Å²) in [5.41, 5.74) is 2.13. The Kier molecular flexibility index (Phi) is 8.80. The molecule has 1 unspecified atom stereocenters. The summed E-state index contributed by atoms with van der Waals surface area (Å²) in [7, 11) is 1.42. The van der Waals surface area contributed by atoms with Gasteiger partial charge >= 0.3 is 5.97 Å². The van der Waals surface area contributed by atoms with Gasteiger partial charge in [0.25, 0.3) is 0 Å². The van der Waals surface area contributed by atoms with Crippen LogP contribution < -0.4 is 5.32 Å². The van der Waals surface area contributed by atoms with Crippen LogP contribution in [0.4, 0.5) is 0 Å². The molecule has 1 saturated carbocycles. The van der Waals surface area contributed by atoms with E-state index in [0.717, 1.165) is 42.7 Å². The van der Waals surface area contributed by atoms with Crippen LogP contribution in [0.25, 0.3) is 0 Å². The third kappa shape index (κ3) is 6.36. The van der Waals surface area contributed by atoms with Gasteiger partial charge in [-0.25, -0.2) is 4.99 Å². The number of carbonyl (C=O) groups excluding carboxylic acids is 2. The van der Waals surface area contributed by atoms with Gasteiger partial charge in [0.05, 0.1) is 31.7 Å². The Balaban J connectivity index is 1.15. The summed E-state index contributed by atoms with van der Waals surface area (Å²) in [6, 6.07) is 7.58. The van der Waals surface area contributed by atoms with E-state index in [1.807, 2.05) is 18.2 Å². The molecular weight excluding hydrogens is 468 g/mol. The number of unbranched alkanes of at least 4 members (excludes halogenated alkanes) is 1. The van der Waals surface area contributed by atoms with Gasteiger partial charge in [-0.3, -0.25) is 9.59 Å². The fourth-order valence-corrected chi connectivity index (χ4v) is 6.86. The number of hydrogen-bond acceptors (Lipinski definition) is 6. The van der Waals surface area contributed by atoms with Crippen molar-refractivity contribution in [1.82, 2.24) is 5.32 Å². The average molecular weight is 511 g/mol. The number of nitrogens with zero attached hydrogens (tertiary/aromatic N) is 1. The van der Waals surface area contributed by atoms with Crippen LogP contribution in [0, 0.1) is 17.8 Å². The number of ether oxygens (including phenoxy) is 3. The van der Waals surface area contributed by atoms with E-state index < -0.39 is 6.04 Å². The second-order valence-corrected chi connectivity index (χ2v) is 11.3. The van der Waals surface area contributed by atoms with E-state index in [4.69, 9.17) is 19.2 Å². The van der Waals surface area contributed by atoms with Crippen LogP contribution in [0.1, 0.15) is 75.3 Å². The van der Waals surface area contributed by atoms with Crippen LogP contribution in [0.5, 0.6) is 0 Å². The summed E-state index contributed by atoms with van der Waals surface area (Å²) in [5.74, 6) is 1.58. The van der Waals surface area contributed by atoms with Crippen LogP contribution in [0.15, 0.2) is 29.3 Å². The lowest BCUT2D eigenvalue weighted by Crippen LogP contribution is -2.35. The van der Waals surface area contributed by atoms with Crippen LogP contribution >= 0.6 is 0 Å². The number of esters is 1. The van der Waals surface area contributed by atoms with E-state index in [1.54, 1.807) is 0 Å². The van der Waals surface area contributed by atoms with Crippen molar-refractivity contribution in [1.29, 1.82) is 0 Å². The molecule has 7 heteroatoms. The lowest BCUT2D eigenvalue weighted by Gasteiger charge is -2.28. The molecule has 2 bridgehead atoms. The highest BCUT2D eigenvalue weighted by Gasteiger charge is 2.53. The highest BCUT2D eigenvalue weighted by molar-refractivity contribution is 5.90. The molecule has 5 atom stereocenters. The molecule has 37 heavy (non-hydrogen) atoms. The van der Waals surface area contributed by atoms with Crippen LogP contribution in [-0.2, 0) is 36.6 Å². The van der Waals surface area contributed by atoms with E-state index >= 15 is 0 Å². The number of benzene rings is 1. The third-order valence-electron chi connectivity index (χ3n) is 8.88. The van der Waals surface area contributed by atoms with Crippen molar-refractivity contribution in [2.45, 2.75) is 95.3 Å². The molecule has 3 heterocycles. The lowest BCUT2D eigenvalue weighted by molar-refractivity contribution is -0.139. The number of carbonyl (C=O) groups is 2. The fraction of sp³-hybridized carbons (Fsp3) is 0.700. The van der Waals surface area contributed by atoms with E-state index in [-0.39, 0.29) is 42.3 Å². The molecule has 1 aromatic carbocycles. The number of fused-ring (bicyclic) bond motifs is 2. The molecule has 7 nitrogen and oxygen atoms in total. The number of nitrogens with one attached hydrogen (secondary N) is 1. The van der Waals surface area contributed by atoms with Gasteiger partial charge in [0.2, 0.25) is 5.91 Å². The Hall–Kier alpha value is -2.41. The minimum atomic E-state index is -0.472. The topological polar surface area (TPSA) is 86.2 Å². The number of rotatable bonds is 11. The summed E-state index contributed by atoms with van der Waals surface area (Å²) < 4.78 is 17.2. The van der Waals surface area contributed by atoms with E-state index in [0.29, 0.717) is 19.0 Å². The SMILES string of the molecule is COC(=O)Cc1ccccc1C[C@@H]1[C@H](C2=NC(C(=O)NCCCCC3CCCCC3)CO2)[C@H]2CC[C@@H]1O2. The van der Waals surface area contributed by atoms with Gasteiger partial charge in [-0.1, -0.05) is 69.2 Å². The number of aliphatic imine (C=N–C) groups is 1. The van der Waals surface area contributed by atoms with Crippen LogP contribution in [0.2, 0.25) is 0 Å². The molecule has 1 amide bonds. The molecule has 0 aromatic heterocycles. The largest absolute Gasteiger partial charge is 0.478 e. The molecule has 1 aliphatic carbocycles. The van der Waals surface area contributed by atoms with Crippen LogP contribution in [-0.4, -0.2) is 56.3 Å². The summed E-state index contributed by atoms with van der Waals surface area (Å²) in [4.78, 5) is 29.5. The predicted molar refractivity (Wildman–Crippen MR) is 141 cm³/mol. The number of methoxy groups -OCH3 is 1. The zero-order chi connectivity index (χ0) is 25.6. The normalized spacial score (nSPS) is 29.1. The first kappa shape index (κ1) is 26.2. The van der Waals surface area contributed by atoms with Crippen LogP contribution in [0.3, 0.4) is 0 Å². The molecule has 2 saturated heterocycles. The van der Waals surface area contributed by atoms with Gasteiger partial charge in [-0.15, -0.1) is 0 Å². The second-order valence-electron chi connectivity index (χ2n) is 11.3. The molecule has 3 fully saturated rings. The van der Waals surface area contributed by atoms with Crippen molar-refractivity contribution in [2.24, 2.45) is 22.7 Å². The third-order valence-corrected chi connectivity index (χ3v) is 8.88. The summed E-state index contributed by atoms with van der Waals surface area (Å²) in [6.45, 7) is 1.02. The first-order valence-corrected chi connectivity index (χ1v) is 14.4. The summed E-state index contributed by atoms with van der Waals surface area (Å²) in [6.07, 6.45) is 13.8. The van der Waals surface area contributed by atoms with Crippen molar-refractivity contribution < 1.29 is 23.8 Å². The smallest absolute Gasteiger partial charge is 0.309 e. The molecule has 3 aliphatic heterocycles. The fourth-order valence-electron chi connectivity index (χ4n) is 6.86. The number of hydrogen-bond donors (Lipinski definition) is 1. The Morgan fingerprint density at radius 3 is 2.62 bits per heavy atom. The minimum absolute atomic E-state index is 0.0308. The number of amides is 1. The first-order valence-electron chi connectivity index (χ1n) is 14.4. The quantitative estimate of drug-likeness (QED) is 0.352. The molecule has 0 radical (unpaired) electrons. The second kappa shape index (κ2) is 12.4. The molecule has 0 spiro atoms. The van der Waals surface area contributed by atoms with Crippen molar-refractivity contribution >= 4 is 17.8 Å². The maximum Gasteiger partial charge on any atom is 0.309 e. The molecular formula is C30H42N2O5. The molecule has 1 N–H and O–H groups in total. The Morgan fingerprint density at radius 2 is 1.81 bits per heavy atom.